The molecule has 1 amide bonds. The highest BCUT2D eigenvalue weighted by molar-refractivity contribution is 6.00. The molecule has 84 valence electrons. The predicted octanol–water partition coefficient (Wildman–Crippen LogP) is 2.00. The van der Waals surface area contributed by atoms with E-state index < -0.39 is 6.10 Å². The second-order valence-corrected chi connectivity index (χ2v) is 3.77. The summed E-state index contributed by atoms with van der Waals surface area (Å²) in [5, 5.41) is 2.74. The number of amides is 1. The Morgan fingerprint density at radius 1 is 1.50 bits per heavy atom. The molecule has 2 rings (SSSR count). The Morgan fingerprint density at radius 3 is 2.88 bits per heavy atom. The van der Waals surface area contributed by atoms with Crippen LogP contribution in [-0.4, -0.2) is 17.8 Å². The summed E-state index contributed by atoms with van der Waals surface area (Å²) in [6, 6.07) is 5.06. The number of rotatable bonds is 2. The van der Waals surface area contributed by atoms with E-state index in [1.54, 1.807) is 18.2 Å². The Balaban J connectivity index is 2.36. The first-order valence-electron chi connectivity index (χ1n) is 5.24. The van der Waals surface area contributed by atoms with E-state index in [2.05, 4.69) is 5.32 Å². The molecule has 1 N–H and O–H groups in total. The standard InChI is InChI=1S/C12H13NO3/c1-3-10-12(15)13-9-6-8(7(2)14)4-5-11(9)16-10/h4-6,10H,3H2,1-2H3,(H,13,15). The van der Waals surface area contributed by atoms with Crippen molar-refractivity contribution in [3.8, 4) is 5.75 Å². The van der Waals surface area contributed by atoms with Gasteiger partial charge in [-0.1, -0.05) is 6.92 Å². The van der Waals surface area contributed by atoms with Crippen LogP contribution in [0.25, 0.3) is 0 Å². The van der Waals surface area contributed by atoms with Gasteiger partial charge in [0.25, 0.3) is 5.91 Å². The maximum absolute atomic E-state index is 11.5. The summed E-state index contributed by atoms with van der Waals surface area (Å²) in [4.78, 5) is 22.7. The van der Waals surface area contributed by atoms with Crippen LogP contribution in [0.3, 0.4) is 0 Å². The van der Waals surface area contributed by atoms with Gasteiger partial charge in [-0.3, -0.25) is 9.59 Å². The van der Waals surface area contributed by atoms with Crippen molar-refractivity contribution in [1.29, 1.82) is 0 Å². The molecule has 1 aliphatic heterocycles. The normalized spacial score (nSPS) is 18.4. The summed E-state index contributed by atoms with van der Waals surface area (Å²) >= 11 is 0. The number of hydrogen-bond donors (Lipinski definition) is 1. The van der Waals surface area contributed by atoms with Crippen LogP contribution in [0.2, 0.25) is 0 Å². The molecule has 16 heavy (non-hydrogen) atoms. The molecule has 1 unspecified atom stereocenters. The van der Waals surface area contributed by atoms with Crippen molar-refractivity contribution in [2.45, 2.75) is 26.4 Å². The molecule has 0 saturated carbocycles. The van der Waals surface area contributed by atoms with Crippen LogP contribution < -0.4 is 10.1 Å². The number of Topliss-reactive ketones (excluding diaryl/α,β-unsaturated/α-hetero) is 1. The van der Waals surface area contributed by atoms with Crippen molar-refractivity contribution in [1.82, 2.24) is 0 Å². The zero-order chi connectivity index (χ0) is 11.7. The fraction of sp³-hybridized carbons (Fsp3) is 0.333. The van der Waals surface area contributed by atoms with E-state index in [-0.39, 0.29) is 11.7 Å². The van der Waals surface area contributed by atoms with Crippen molar-refractivity contribution in [3.63, 3.8) is 0 Å². The molecule has 1 heterocycles. The van der Waals surface area contributed by atoms with Crippen molar-refractivity contribution in [2.75, 3.05) is 5.32 Å². The van der Waals surface area contributed by atoms with Crippen LogP contribution in [-0.2, 0) is 4.79 Å². The van der Waals surface area contributed by atoms with E-state index in [0.29, 0.717) is 23.4 Å². The minimum absolute atomic E-state index is 0.0327. The quantitative estimate of drug-likeness (QED) is 0.774. The van der Waals surface area contributed by atoms with Gasteiger partial charge in [0, 0.05) is 5.56 Å². The topological polar surface area (TPSA) is 55.4 Å². The predicted molar refractivity (Wildman–Crippen MR) is 59.8 cm³/mol. The first kappa shape index (κ1) is 10.7. The number of nitrogens with one attached hydrogen (secondary N) is 1. The van der Waals surface area contributed by atoms with Crippen molar-refractivity contribution in [3.05, 3.63) is 23.8 Å². The van der Waals surface area contributed by atoms with Gasteiger partial charge in [0.1, 0.15) is 5.75 Å². The lowest BCUT2D eigenvalue weighted by atomic mass is 10.1. The van der Waals surface area contributed by atoms with Crippen molar-refractivity contribution < 1.29 is 14.3 Å². The molecule has 0 radical (unpaired) electrons. The fourth-order valence-corrected chi connectivity index (χ4v) is 1.64. The van der Waals surface area contributed by atoms with Gasteiger partial charge in [0.15, 0.2) is 11.9 Å². The highest BCUT2D eigenvalue weighted by Gasteiger charge is 2.26. The molecular weight excluding hydrogens is 206 g/mol. The number of carbonyl (C=O) groups is 2. The average molecular weight is 219 g/mol. The van der Waals surface area contributed by atoms with Crippen LogP contribution in [0, 0.1) is 0 Å². The van der Waals surface area contributed by atoms with Crippen LogP contribution in [0.1, 0.15) is 30.6 Å². The molecule has 0 bridgehead atoms. The van der Waals surface area contributed by atoms with Gasteiger partial charge in [0.05, 0.1) is 5.69 Å². The smallest absolute Gasteiger partial charge is 0.265 e. The third-order valence-electron chi connectivity index (χ3n) is 2.58. The van der Waals surface area contributed by atoms with Crippen molar-refractivity contribution >= 4 is 17.4 Å². The molecule has 1 atom stereocenters. The lowest BCUT2D eigenvalue weighted by Crippen LogP contribution is -2.36. The van der Waals surface area contributed by atoms with Gasteiger partial charge in [-0.25, -0.2) is 0 Å². The maximum Gasteiger partial charge on any atom is 0.265 e. The summed E-state index contributed by atoms with van der Waals surface area (Å²) in [6.07, 6.45) is 0.190. The highest BCUT2D eigenvalue weighted by Crippen LogP contribution is 2.31. The second kappa shape index (κ2) is 3.96. The summed E-state index contributed by atoms with van der Waals surface area (Å²) in [5.74, 6) is 0.432. The largest absolute Gasteiger partial charge is 0.478 e. The zero-order valence-electron chi connectivity index (χ0n) is 9.24. The Morgan fingerprint density at radius 2 is 2.25 bits per heavy atom. The highest BCUT2D eigenvalue weighted by atomic mass is 16.5. The van der Waals surface area contributed by atoms with Crippen LogP contribution in [0.5, 0.6) is 5.75 Å². The SMILES string of the molecule is CCC1Oc2ccc(C(C)=O)cc2NC1=O. The van der Waals surface area contributed by atoms with Crippen LogP contribution in [0.4, 0.5) is 5.69 Å². The monoisotopic (exact) mass is 219 g/mol. The summed E-state index contributed by atoms with van der Waals surface area (Å²) in [5.41, 5.74) is 1.14. The number of anilines is 1. The molecule has 1 aromatic rings. The number of fused-ring (bicyclic) bond motifs is 1. The van der Waals surface area contributed by atoms with Crippen molar-refractivity contribution in [2.24, 2.45) is 0 Å². The van der Waals surface area contributed by atoms with E-state index in [9.17, 15) is 9.59 Å². The molecule has 1 aromatic carbocycles. The van der Waals surface area contributed by atoms with E-state index >= 15 is 0 Å². The summed E-state index contributed by atoms with van der Waals surface area (Å²) in [6.45, 7) is 3.38. The van der Waals surface area contributed by atoms with Crippen LogP contribution in [0.15, 0.2) is 18.2 Å². The molecule has 4 nitrogen and oxygen atoms in total. The second-order valence-electron chi connectivity index (χ2n) is 3.77. The minimum Gasteiger partial charge on any atom is -0.478 e. The summed E-state index contributed by atoms with van der Waals surface area (Å²) in [7, 11) is 0. The number of ether oxygens (including phenoxy) is 1. The maximum atomic E-state index is 11.5. The Kier molecular flexibility index (Phi) is 2.64. The molecule has 4 heteroatoms. The molecule has 0 fully saturated rings. The zero-order valence-corrected chi connectivity index (χ0v) is 9.24. The fourth-order valence-electron chi connectivity index (χ4n) is 1.64. The van der Waals surface area contributed by atoms with Gasteiger partial charge in [0.2, 0.25) is 0 Å². The lowest BCUT2D eigenvalue weighted by molar-refractivity contribution is -0.123. The first-order chi connectivity index (χ1) is 7.61. The Hall–Kier alpha value is -1.84. The van der Waals surface area contributed by atoms with E-state index in [4.69, 9.17) is 4.74 Å². The van der Waals surface area contributed by atoms with Gasteiger partial charge in [-0.05, 0) is 31.5 Å². The minimum atomic E-state index is -0.435. The van der Waals surface area contributed by atoms with Gasteiger partial charge < -0.3 is 10.1 Å². The van der Waals surface area contributed by atoms with Crippen LogP contribution >= 0.6 is 0 Å². The lowest BCUT2D eigenvalue weighted by Gasteiger charge is -2.25. The molecule has 0 aliphatic carbocycles. The third-order valence-corrected chi connectivity index (χ3v) is 2.58. The number of hydrogen-bond acceptors (Lipinski definition) is 3. The molecular formula is C12H13NO3. The number of ketones is 1. The third kappa shape index (κ3) is 1.78. The van der Waals surface area contributed by atoms with Gasteiger partial charge in [-0.15, -0.1) is 0 Å². The number of benzene rings is 1. The van der Waals surface area contributed by atoms with E-state index in [0.717, 1.165) is 0 Å². The molecule has 0 spiro atoms. The first-order valence-corrected chi connectivity index (χ1v) is 5.24. The Bertz CT molecular complexity index is 454. The summed E-state index contributed by atoms with van der Waals surface area (Å²) < 4.78 is 5.50. The molecule has 0 saturated heterocycles. The number of carbonyl (C=O) groups excluding carboxylic acids is 2. The van der Waals surface area contributed by atoms with Gasteiger partial charge >= 0.3 is 0 Å². The average Bonchev–Trinajstić information content (AvgIpc) is 2.27. The van der Waals surface area contributed by atoms with Gasteiger partial charge in [-0.2, -0.15) is 0 Å². The molecule has 0 aromatic heterocycles. The molecule has 1 aliphatic rings. The Labute approximate surface area is 93.6 Å². The van der Waals surface area contributed by atoms with E-state index in [1.807, 2.05) is 6.92 Å². The van der Waals surface area contributed by atoms with E-state index in [1.165, 1.54) is 6.92 Å².